The van der Waals surface area contributed by atoms with Gasteiger partial charge < -0.3 is 9.47 Å². The molecule has 1 aromatic carbocycles. The van der Waals surface area contributed by atoms with Crippen molar-refractivity contribution in [3.05, 3.63) is 29.6 Å². The molecule has 1 unspecified atom stereocenters. The molecular weight excluding hydrogens is 302 g/mol. The lowest BCUT2D eigenvalue weighted by Crippen LogP contribution is -2.14. The maximum absolute atomic E-state index is 12.5. The molecule has 0 fully saturated rings. The highest BCUT2D eigenvalue weighted by Crippen LogP contribution is 2.30. The van der Waals surface area contributed by atoms with Crippen LogP contribution in [-0.2, 0) is 6.42 Å². The van der Waals surface area contributed by atoms with Crippen molar-refractivity contribution in [2.45, 2.75) is 30.7 Å². The van der Waals surface area contributed by atoms with Crippen LogP contribution in [0.1, 0.15) is 30.0 Å². The summed E-state index contributed by atoms with van der Waals surface area (Å²) in [4.78, 5) is 16.8. The first-order valence-electron chi connectivity index (χ1n) is 6.93. The summed E-state index contributed by atoms with van der Waals surface area (Å²) in [6.07, 6.45) is 0.783. The summed E-state index contributed by atoms with van der Waals surface area (Å²) in [6.45, 7) is 3.83. The van der Waals surface area contributed by atoms with Gasteiger partial charge in [-0.05, 0) is 25.1 Å². The first kappa shape index (κ1) is 16.4. The Kier molecular flexibility index (Phi) is 5.43. The maximum atomic E-state index is 12.5. The number of hydrogen-bond donors (Lipinski definition) is 1. The summed E-state index contributed by atoms with van der Waals surface area (Å²) in [5, 5.41) is 7.23. The molecular formula is C15H19N3O3S. The van der Waals surface area contributed by atoms with Crippen molar-refractivity contribution in [1.29, 1.82) is 0 Å². The number of carbonyl (C=O) groups excluding carboxylic acids is 1. The van der Waals surface area contributed by atoms with E-state index >= 15 is 0 Å². The molecule has 0 saturated heterocycles. The van der Waals surface area contributed by atoms with Crippen molar-refractivity contribution in [1.82, 2.24) is 15.2 Å². The summed E-state index contributed by atoms with van der Waals surface area (Å²) in [5.41, 5.74) is 0.573. The highest BCUT2D eigenvalue weighted by molar-refractivity contribution is 8.00. The van der Waals surface area contributed by atoms with Gasteiger partial charge in [0, 0.05) is 12.0 Å². The third-order valence-electron chi connectivity index (χ3n) is 3.17. The number of aryl methyl sites for hydroxylation is 1. The van der Waals surface area contributed by atoms with Crippen LogP contribution in [0.25, 0.3) is 0 Å². The van der Waals surface area contributed by atoms with E-state index in [4.69, 9.17) is 9.47 Å². The Morgan fingerprint density at radius 1 is 1.32 bits per heavy atom. The van der Waals surface area contributed by atoms with Gasteiger partial charge in [-0.25, -0.2) is 4.98 Å². The zero-order valence-electron chi connectivity index (χ0n) is 13.0. The van der Waals surface area contributed by atoms with Gasteiger partial charge >= 0.3 is 0 Å². The molecule has 0 amide bonds. The van der Waals surface area contributed by atoms with E-state index in [1.807, 2.05) is 13.8 Å². The third-order valence-corrected chi connectivity index (χ3v) is 4.13. The van der Waals surface area contributed by atoms with E-state index in [1.165, 1.54) is 11.8 Å². The molecule has 1 aromatic heterocycles. The molecule has 2 aromatic rings. The number of methoxy groups -OCH3 is 2. The standard InChI is InChI=1S/C15H19N3O3S/c1-5-13-16-15(18-17-13)22-9(2)14(19)10-6-7-11(20-3)12(8-10)21-4/h6-9H,5H2,1-4H3,(H,16,17,18). The average Bonchev–Trinajstić information content (AvgIpc) is 3.00. The normalized spacial score (nSPS) is 12.0. The van der Waals surface area contributed by atoms with Crippen molar-refractivity contribution >= 4 is 17.5 Å². The molecule has 1 heterocycles. The van der Waals surface area contributed by atoms with Crippen molar-refractivity contribution in [2.24, 2.45) is 0 Å². The fourth-order valence-electron chi connectivity index (χ4n) is 1.92. The topological polar surface area (TPSA) is 77.1 Å². The summed E-state index contributed by atoms with van der Waals surface area (Å²) in [5.74, 6) is 1.94. The Labute approximate surface area is 133 Å². The molecule has 0 spiro atoms. The molecule has 118 valence electrons. The summed E-state index contributed by atoms with van der Waals surface area (Å²) >= 11 is 1.33. The van der Waals surface area contributed by atoms with Crippen molar-refractivity contribution in [3.8, 4) is 11.5 Å². The molecule has 0 aliphatic rings. The number of benzene rings is 1. The number of ketones is 1. The maximum Gasteiger partial charge on any atom is 0.209 e. The van der Waals surface area contributed by atoms with Gasteiger partial charge in [0.25, 0.3) is 0 Å². The minimum Gasteiger partial charge on any atom is -0.493 e. The zero-order valence-corrected chi connectivity index (χ0v) is 13.9. The molecule has 0 aliphatic carbocycles. The highest BCUT2D eigenvalue weighted by Gasteiger charge is 2.20. The number of H-pyrrole nitrogens is 1. The Balaban J connectivity index is 2.12. The molecule has 22 heavy (non-hydrogen) atoms. The molecule has 2 rings (SSSR count). The SMILES string of the molecule is CCc1nc(SC(C)C(=O)c2ccc(OC)c(OC)c2)n[nH]1. The van der Waals surface area contributed by atoms with E-state index in [-0.39, 0.29) is 11.0 Å². The van der Waals surface area contributed by atoms with Crippen LogP contribution in [0.3, 0.4) is 0 Å². The van der Waals surface area contributed by atoms with Crippen LogP contribution in [0.5, 0.6) is 11.5 Å². The van der Waals surface area contributed by atoms with Crippen LogP contribution < -0.4 is 9.47 Å². The van der Waals surface area contributed by atoms with E-state index in [1.54, 1.807) is 32.4 Å². The number of aromatic nitrogens is 3. The van der Waals surface area contributed by atoms with Gasteiger partial charge in [0.1, 0.15) is 5.82 Å². The van der Waals surface area contributed by atoms with Crippen LogP contribution in [0.2, 0.25) is 0 Å². The predicted octanol–water partition coefficient (Wildman–Crippen LogP) is 2.75. The van der Waals surface area contributed by atoms with Gasteiger partial charge in [-0.3, -0.25) is 9.89 Å². The van der Waals surface area contributed by atoms with Crippen LogP contribution in [0.4, 0.5) is 0 Å². The lowest BCUT2D eigenvalue weighted by atomic mass is 10.1. The first-order chi connectivity index (χ1) is 10.6. The molecule has 0 radical (unpaired) electrons. The van der Waals surface area contributed by atoms with E-state index in [2.05, 4.69) is 15.2 Å². The number of hydrogen-bond acceptors (Lipinski definition) is 6. The number of thioether (sulfide) groups is 1. The second-order valence-corrected chi connectivity index (χ2v) is 5.92. The van der Waals surface area contributed by atoms with Crippen LogP contribution >= 0.6 is 11.8 Å². The number of carbonyl (C=O) groups is 1. The number of nitrogens with zero attached hydrogens (tertiary/aromatic N) is 2. The molecule has 0 aliphatic heterocycles. The Bertz CT molecular complexity index is 657. The monoisotopic (exact) mass is 321 g/mol. The fraction of sp³-hybridized carbons (Fsp3) is 0.400. The lowest BCUT2D eigenvalue weighted by Gasteiger charge is -2.11. The Morgan fingerprint density at radius 3 is 2.64 bits per heavy atom. The van der Waals surface area contributed by atoms with Gasteiger partial charge in [0.15, 0.2) is 17.3 Å². The largest absolute Gasteiger partial charge is 0.493 e. The average molecular weight is 321 g/mol. The second-order valence-electron chi connectivity index (χ2n) is 4.61. The molecule has 1 N–H and O–H groups in total. The van der Waals surface area contributed by atoms with Crippen LogP contribution in [0.15, 0.2) is 23.4 Å². The number of rotatable bonds is 7. The number of ether oxygens (including phenoxy) is 2. The predicted molar refractivity (Wildman–Crippen MR) is 85.0 cm³/mol. The molecule has 7 heteroatoms. The van der Waals surface area contributed by atoms with Gasteiger partial charge in [-0.15, -0.1) is 5.10 Å². The Hall–Kier alpha value is -2.02. The molecule has 6 nitrogen and oxygen atoms in total. The van der Waals surface area contributed by atoms with Crippen LogP contribution in [-0.4, -0.2) is 40.4 Å². The van der Waals surface area contributed by atoms with E-state index in [0.29, 0.717) is 22.2 Å². The molecule has 0 saturated carbocycles. The highest BCUT2D eigenvalue weighted by atomic mass is 32.2. The second kappa shape index (κ2) is 7.31. The smallest absolute Gasteiger partial charge is 0.209 e. The lowest BCUT2D eigenvalue weighted by molar-refractivity contribution is 0.0993. The summed E-state index contributed by atoms with van der Waals surface area (Å²) in [7, 11) is 3.11. The van der Waals surface area contributed by atoms with E-state index in [0.717, 1.165) is 12.2 Å². The summed E-state index contributed by atoms with van der Waals surface area (Å²) in [6, 6.07) is 5.15. The number of aromatic amines is 1. The van der Waals surface area contributed by atoms with Crippen molar-refractivity contribution in [2.75, 3.05) is 14.2 Å². The zero-order chi connectivity index (χ0) is 16.1. The molecule has 1 atom stereocenters. The van der Waals surface area contributed by atoms with Gasteiger partial charge in [0.05, 0.1) is 19.5 Å². The Morgan fingerprint density at radius 2 is 2.05 bits per heavy atom. The fourth-order valence-corrected chi connectivity index (χ4v) is 2.75. The summed E-state index contributed by atoms with van der Waals surface area (Å²) < 4.78 is 10.4. The minimum absolute atomic E-state index is 0.00574. The van der Waals surface area contributed by atoms with Crippen molar-refractivity contribution < 1.29 is 14.3 Å². The van der Waals surface area contributed by atoms with Crippen molar-refractivity contribution in [3.63, 3.8) is 0 Å². The quantitative estimate of drug-likeness (QED) is 0.624. The van der Waals surface area contributed by atoms with Gasteiger partial charge in [0.2, 0.25) is 5.16 Å². The number of Topliss-reactive ketones (excluding diaryl/α,β-unsaturated/α-hetero) is 1. The van der Waals surface area contributed by atoms with Gasteiger partial charge in [-0.1, -0.05) is 18.7 Å². The minimum atomic E-state index is -0.293. The van der Waals surface area contributed by atoms with E-state index < -0.39 is 0 Å². The molecule has 0 bridgehead atoms. The van der Waals surface area contributed by atoms with Gasteiger partial charge in [-0.2, -0.15) is 0 Å². The van der Waals surface area contributed by atoms with E-state index in [9.17, 15) is 4.79 Å². The van der Waals surface area contributed by atoms with Crippen LogP contribution in [0, 0.1) is 0 Å². The third kappa shape index (κ3) is 3.59. The first-order valence-corrected chi connectivity index (χ1v) is 7.81. The number of nitrogens with one attached hydrogen (secondary N) is 1.